The topological polar surface area (TPSA) is 108 Å². The van der Waals surface area contributed by atoms with Crippen LogP contribution in [0.5, 0.6) is 5.75 Å². The van der Waals surface area contributed by atoms with Crippen LogP contribution in [0.2, 0.25) is 0 Å². The van der Waals surface area contributed by atoms with Crippen molar-refractivity contribution >= 4 is 17.6 Å². The number of methoxy groups -OCH3 is 2. The minimum atomic E-state index is -1.03. The Morgan fingerprint density at radius 2 is 1.75 bits per heavy atom. The SMILES string of the molecule is COC(=O)[C@H](Cc1cc([N+](=O)[O-])ccc1OC)NC(=O)c1cc(C)cc(C)c1. The third kappa shape index (κ3) is 5.06. The second-order valence-corrected chi connectivity index (χ2v) is 6.38. The van der Waals surface area contributed by atoms with Gasteiger partial charge < -0.3 is 14.8 Å². The van der Waals surface area contributed by atoms with Gasteiger partial charge in [0.2, 0.25) is 0 Å². The number of benzene rings is 2. The highest BCUT2D eigenvalue weighted by Gasteiger charge is 2.25. The van der Waals surface area contributed by atoms with Crippen LogP contribution in [0.25, 0.3) is 0 Å². The molecule has 0 unspecified atom stereocenters. The summed E-state index contributed by atoms with van der Waals surface area (Å²) in [5, 5.41) is 13.7. The van der Waals surface area contributed by atoms with E-state index in [9.17, 15) is 19.7 Å². The molecule has 0 saturated carbocycles. The Bertz CT molecular complexity index is 889. The van der Waals surface area contributed by atoms with Gasteiger partial charge in [0, 0.05) is 29.7 Å². The van der Waals surface area contributed by atoms with Crippen molar-refractivity contribution in [3.8, 4) is 5.75 Å². The number of rotatable bonds is 7. The summed E-state index contributed by atoms with van der Waals surface area (Å²) in [6.45, 7) is 3.74. The van der Waals surface area contributed by atoms with Crippen LogP contribution >= 0.6 is 0 Å². The van der Waals surface area contributed by atoms with E-state index in [0.717, 1.165) is 11.1 Å². The molecule has 0 radical (unpaired) electrons. The molecule has 0 aliphatic carbocycles. The van der Waals surface area contributed by atoms with Crippen molar-refractivity contribution in [2.45, 2.75) is 26.3 Å². The predicted molar refractivity (Wildman–Crippen MR) is 103 cm³/mol. The quantitative estimate of drug-likeness (QED) is 0.445. The number of hydrogen-bond donors (Lipinski definition) is 1. The van der Waals surface area contributed by atoms with E-state index < -0.39 is 22.8 Å². The van der Waals surface area contributed by atoms with E-state index in [4.69, 9.17) is 9.47 Å². The van der Waals surface area contributed by atoms with E-state index in [0.29, 0.717) is 16.9 Å². The molecule has 2 aromatic rings. The first-order valence-corrected chi connectivity index (χ1v) is 8.53. The highest BCUT2D eigenvalue weighted by molar-refractivity contribution is 5.97. The molecular formula is C20H22N2O6. The van der Waals surface area contributed by atoms with E-state index in [1.807, 2.05) is 19.9 Å². The molecule has 0 aliphatic heterocycles. The number of nitrogens with zero attached hydrogens (tertiary/aromatic N) is 1. The number of nitro groups is 1. The van der Waals surface area contributed by atoms with Gasteiger partial charge in [-0.25, -0.2) is 4.79 Å². The number of nitrogens with one attached hydrogen (secondary N) is 1. The standard InChI is InChI=1S/C20H22N2O6/c1-12-7-13(2)9-15(8-12)19(23)21-17(20(24)28-4)11-14-10-16(22(25)26)5-6-18(14)27-3/h5-10,17H,11H2,1-4H3,(H,21,23)/t17-/m0/s1. The van der Waals surface area contributed by atoms with Crippen molar-refractivity contribution in [3.63, 3.8) is 0 Å². The fourth-order valence-corrected chi connectivity index (χ4v) is 2.94. The molecular weight excluding hydrogens is 364 g/mol. The van der Waals surface area contributed by atoms with Gasteiger partial charge in [0.1, 0.15) is 11.8 Å². The van der Waals surface area contributed by atoms with Gasteiger partial charge >= 0.3 is 5.97 Å². The molecule has 0 saturated heterocycles. The minimum absolute atomic E-state index is 0.0198. The van der Waals surface area contributed by atoms with Crippen molar-refractivity contribution in [3.05, 3.63) is 68.8 Å². The first-order valence-electron chi connectivity index (χ1n) is 8.53. The van der Waals surface area contributed by atoms with Crippen molar-refractivity contribution in [2.24, 2.45) is 0 Å². The molecule has 28 heavy (non-hydrogen) atoms. The normalized spacial score (nSPS) is 11.4. The summed E-state index contributed by atoms with van der Waals surface area (Å²) in [4.78, 5) is 35.4. The molecule has 1 amide bonds. The number of aryl methyl sites for hydroxylation is 2. The summed E-state index contributed by atoms with van der Waals surface area (Å²) in [6, 6.07) is 8.40. The first kappa shape index (κ1) is 20.9. The smallest absolute Gasteiger partial charge is 0.328 e. The highest BCUT2D eigenvalue weighted by atomic mass is 16.6. The molecule has 0 aliphatic rings. The molecule has 0 heterocycles. The number of nitro benzene ring substituents is 1. The number of esters is 1. The van der Waals surface area contributed by atoms with Crippen LogP contribution in [0.3, 0.4) is 0 Å². The molecule has 8 nitrogen and oxygen atoms in total. The number of carbonyl (C=O) groups is 2. The van der Waals surface area contributed by atoms with Crippen molar-refractivity contribution in [2.75, 3.05) is 14.2 Å². The maximum atomic E-state index is 12.6. The van der Waals surface area contributed by atoms with E-state index in [1.165, 1.54) is 32.4 Å². The number of amides is 1. The van der Waals surface area contributed by atoms with Crippen LogP contribution in [0.4, 0.5) is 5.69 Å². The summed E-state index contributed by atoms with van der Waals surface area (Å²) < 4.78 is 10.0. The van der Waals surface area contributed by atoms with Crippen LogP contribution in [-0.4, -0.2) is 37.1 Å². The van der Waals surface area contributed by atoms with E-state index in [1.54, 1.807) is 12.1 Å². The van der Waals surface area contributed by atoms with Crippen LogP contribution < -0.4 is 10.1 Å². The Labute approximate surface area is 162 Å². The fourth-order valence-electron chi connectivity index (χ4n) is 2.94. The largest absolute Gasteiger partial charge is 0.496 e. The van der Waals surface area contributed by atoms with Gasteiger partial charge in [0.25, 0.3) is 11.6 Å². The third-order valence-electron chi connectivity index (χ3n) is 4.17. The van der Waals surface area contributed by atoms with E-state index >= 15 is 0 Å². The summed E-state index contributed by atoms with van der Waals surface area (Å²) in [7, 11) is 2.63. The number of non-ortho nitro benzene ring substituents is 1. The summed E-state index contributed by atoms with van der Waals surface area (Å²) in [5.74, 6) is -0.724. The Balaban J connectivity index is 2.32. The zero-order valence-corrected chi connectivity index (χ0v) is 16.1. The minimum Gasteiger partial charge on any atom is -0.496 e. The zero-order valence-electron chi connectivity index (χ0n) is 16.1. The molecule has 8 heteroatoms. The Hall–Kier alpha value is -3.42. The van der Waals surface area contributed by atoms with Gasteiger partial charge in [0.15, 0.2) is 0 Å². The van der Waals surface area contributed by atoms with Gasteiger partial charge in [-0.05, 0) is 32.0 Å². The van der Waals surface area contributed by atoms with Gasteiger partial charge in [-0.15, -0.1) is 0 Å². The molecule has 2 aromatic carbocycles. The van der Waals surface area contributed by atoms with Gasteiger partial charge in [0.05, 0.1) is 19.1 Å². The van der Waals surface area contributed by atoms with Crippen LogP contribution in [0.1, 0.15) is 27.0 Å². The number of carbonyl (C=O) groups excluding carboxylic acids is 2. The van der Waals surface area contributed by atoms with Gasteiger partial charge in [-0.3, -0.25) is 14.9 Å². The zero-order chi connectivity index (χ0) is 20.8. The lowest BCUT2D eigenvalue weighted by atomic mass is 10.0. The van der Waals surface area contributed by atoms with Crippen LogP contribution in [0.15, 0.2) is 36.4 Å². The van der Waals surface area contributed by atoms with Gasteiger partial charge in [-0.2, -0.15) is 0 Å². The number of hydrogen-bond acceptors (Lipinski definition) is 6. The lowest BCUT2D eigenvalue weighted by Crippen LogP contribution is -2.43. The predicted octanol–water partition coefficient (Wildman–Crippen LogP) is 2.73. The average Bonchev–Trinajstić information content (AvgIpc) is 2.65. The Morgan fingerprint density at radius 1 is 1.11 bits per heavy atom. The van der Waals surface area contributed by atoms with Crippen molar-refractivity contribution in [1.29, 1.82) is 0 Å². The maximum Gasteiger partial charge on any atom is 0.328 e. The summed E-state index contributed by atoms with van der Waals surface area (Å²) in [6.07, 6.45) is -0.0198. The second kappa shape index (κ2) is 8.98. The fraction of sp³-hybridized carbons (Fsp3) is 0.300. The average molecular weight is 386 g/mol. The highest BCUT2D eigenvalue weighted by Crippen LogP contribution is 2.25. The lowest BCUT2D eigenvalue weighted by Gasteiger charge is -2.18. The molecule has 0 aromatic heterocycles. The Morgan fingerprint density at radius 3 is 2.29 bits per heavy atom. The van der Waals surface area contributed by atoms with E-state index in [-0.39, 0.29) is 12.1 Å². The monoisotopic (exact) mass is 386 g/mol. The Kier molecular flexibility index (Phi) is 6.70. The molecule has 1 N–H and O–H groups in total. The number of ether oxygens (including phenoxy) is 2. The molecule has 2 rings (SSSR count). The van der Waals surface area contributed by atoms with E-state index in [2.05, 4.69) is 5.32 Å². The molecule has 0 fully saturated rings. The summed E-state index contributed by atoms with van der Waals surface area (Å²) in [5.41, 5.74) is 2.52. The lowest BCUT2D eigenvalue weighted by molar-refractivity contribution is -0.384. The van der Waals surface area contributed by atoms with Crippen molar-refractivity contribution < 1.29 is 24.0 Å². The summed E-state index contributed by atoms with van der Waals surface area (Å²) >= 11 is 0. The van der Waals surface area contributed by atoms with Gasteiger partial charge in [-0.1, -0.05) is 17.2 Å². The first-order chi connectivity index (χ1) is 13.2. The van der Waals surface area contributed by atoms with Crippen molar-refractivity contribution in [1.82, 2.24) is 5.32 Å². The third-order valence-corrected chi connectivity index (χ3v) is 4.17. The molecule has 0 bridgehead atoms. The molecule has 0 spiro atoms. The molecule has 148 valence electrons. The molecule has 1 atom stereocenters. The van der Waals surface area contributed by atoms with Crippen LogP contribution in [0, 0.1) is 24.0 Å². The second-order valence-electron chi connectivity index (χ2n) is 6.38. The van der Waals surface area contributed by atoms with Crippen LogP contribution in [-0.2, 0) is 16.0 Å². The maximum absolute atomic E-state index is 12.6.